The summed E-state index contributed by atoms with van der Waals surface area (Å²) in [6.07, 6.45) is 1.56. The maximum Gasteiger partial charge on any atom is 0.255 e. The first-order valence-corrected chi connectivity index (χ1v) is 6.72. The zero-order valence-electron chi connectivity index (χ0n) is 11.5. The van der Waals surface area contributed by atoms with Crippen LogP contribution in [-0.4, -0.2) is 11.0 Å². The zero-order valence-corrected chi connectivity index (χ0v) is 11.5. The van der Waals surface area contributed by atoms with Crippen LogP contribution in [0.1, 0.15) is 29.1 Å². The van der Waals surface area contributed by atoms with Crippen LogP contribution in [0, 0.1) is 0 Å². The number of amides is 1. The molecule has 2 N–H and O–H groups in total. The highest BCUT2D eigenvalue weighted by Gasteiger charge is 2.17. The molecule has 1 unspecified atom stereocenters. The molecule has 4 heteroatoms. The number of phenols is 1. The Kier molecular flexibility index (Phi) is 3.36. The molecule has 0 radical (unpaired) electrons. The van der Waals surface area contributed by atoms with E-state index in [1.807, 2.05) is 31.2 Å². The molecule has 3 rings (SSSR count). The molecule has 3 aromatic rings. The average molecular weight is 281 g/mol. The van der Waals surface area contributed by atoms with Gasteiger partial charge in [0.25, 0.3) is 5.91 Å². The number of furan rings is 1. The third kappa shape index (κ3) is 2.48. The molecule has 0 fully saturated rings. The Hall–Kier alpha value is -2.75. The molecular formula is C17H15NO3. The van der Waals surface area contributed by atoms with E-state index >= 15 is 0 Å². The molecule has 1 atom stereocenters. The number of fused-ring (bicyclic) bond motifs is 1. The van der Waals surface area contributed by atoms with Crippen LogP contribution in [0.15, 0.2) is 59.2 Å². The number of carbonyl (C=O) groups is 1. The maximum atomic E-state index is 12.3. The zero-order chi connectivity index (χ0) is 14.8. The van der Waals surface area contributed by atoms with Crippen molar-refractivity contribution in [3.05, 3.63) is 66.1 Å². The molecule has 0 aliphatic carbocycles. The Morgan fingerprint density at radius 2 is 1.95 bits per heavy atom. The lowest BCUT2D eigenvalue weighted by atomic mass is 10.0. The second-order valence-corrected chi connectivity index (χ2v) is 4.89. The van der Waals surface area contributed by atoms with Crippen LogP contribution in [-0.2, 0) is 0 Å². The second-order valence-electron chi connectivity index (χ2n) is 4.89. The molecule has 106 valence electrons. The summed E-state index contributed by atoms with van der Waals surface area (Å²) in [5.74, 6) is 0.336. The summed E-state index contributed by atoms with van der Waals surface area (Å²) < 4.78 is 5.26. The van der Waals surface area contributed by atoms with Crippen molar-refractivity contribution < 1.29 is 14.3 Å². The van der Waals surface area contributed by atoms with Crippen molar-refractivity contribution in [2.24, 2.45) is 0 Å². The Balaban J connectivity index is 1.90. The largest absolute Gasteiger partial charge is 0.506 e. The minimum Gasteiger partial charge on any atom is -0.506 e. The van der Waals surface area contributed by atoms with Crippen LogP contribution in [0.2, 0.25) is 0 Å². The van der Waals surface area contributed by atoms with Gasteiger partial charge in [0.05, 0.1) is 17.9 Å². The van der Waals surface area contributed by atoms with Gasteiger partial charge in [-0.1, -0.05) is 30.3 Å². The molecule has 4 nitrogen and oxygen atoms in total. The van der Waals surface area contributed by atoms with Gasteiger partial charge in [-0.25, -0.2) is 0 Å². The predicted octanol–water partition coefficient (Wildman–Crippen LogP) is 3.63. The van der Waals surface area contributed by atoms with E-state index in [4.69, 9.17) is 4.42 Å². The number of aromatic hydroxyl groups is 1. The SMILES string of the molecule is CC(NC(=O)c1ccc2ccccc2c1O)c1ccco1. The third-order valence-corrected chi connectivity index (χ3v) is 3.46. The molecule has 0 saturated heterocycles. The smallest absolute Gasteiger partial charge is 0.255 e. The van der Waals surface area contributed by atoms with Crippen LogP contribution >= 0.6 is 0 Å². The Bertz CT molecular complexity index is 778. The molecule has 0 saturated carbocycles. The van der Waals surface area contributed by atoms with Crippen LogP contribution in [0.5, 0.6) is 5.75 Å². The third-order valence-electron chi connectivity index (χ3n) is 3.46. The minimum absolute atomic E-state index is 0.00255. The lowest BCUT2D eigenvalue weighted by molar-refractivity contribution is 0.0933. The standard InChI is InChI=1S/C17H15NO3/c1-11(15-7-4-10-21-15)18-17(20)14-9-8-12-5-2-3-6-13(12)16(14)19/h2-11,19H,1H3,(H,18,20). The van der Waals surface area contributed by atoms with Crippen LogP contribution in [0.25, 0.3) is 10.8 Å². The van der Waals surface area contributed by atoms with Crippen molar-refractivity contribution in [1.29, 1.82) is 0 Å². The second kappa shape index (κ2) is 5.32. The molecule has 0 spiro atoms. The van der Waals surface area contributed by atoms with E-state index in [-0.39, 0.29) is 23.3 Å². The summed E-state index contributed by atoms with van der Waals surface area (Å²) in [5.41, 5.74) is 0.257. The van der Waals surface area contributed by atoms with Gasteiger partial charge in [-0.05, 0) is 30.5 Å². The van der Waals surface area contributed by atoms with Gasteiger partial charge in [-0.2, -0.15) is 0 Å². The topological polar surface area (TPSA) is 62.5 Å². The van der Waals surface area contributed by atoms with Gasteiger partial charge in [0.1, 0.15) is 11.5 Å². The summed E-state index contributed by atoms with van der Waals surface area (Å²) in [6.45, 7) is 1.83. The summed E-state index contributed by atoms with van der Waals surface area (Å²) in [7, 11) is 0. The highest BCUT2D eigenvalue weighted by atomic mass is 16.3. The monoisotopic (exact) mass is 281 g/mol. The van der Waals surface area contributed by atoms with Crippen molar-refractivity contribution in [1.82, 2.24) is 5.32 Å². The molecule has 0 aliphatic heterocycles. The number of nitrogens with one attached hydrogen (secondary N) is 1. The highest BCUT2D eigenvalue weighted by Crippen LogP contribution is 2.28. The molecule has 2 aromatic carbocycles. The molecule has 21 heavy (non-hydrogen) atoms. The number of hydrogen-bond acceptors (Lipinski definition) is 3. The van der Waals surface area contributed by atoms with Crippen LogP contribution in [0.4, 0.5) is 0 Å². The summed E-state index contributed by atoms with van der Waals surface area (Å²) in [6, 6.07) is 14.1. The Labute approximate surface area is 122 Å². The average Bonchev–Trinajstić information content (AvgIpc) is 3.02. The van der Waals surface area contributed by atoms with E-state index in [0.29, 0.717) is 11.1 Å². The first-order chi connectivity index (χ1) is 10.2. The number of phenolic OH excluding ortho intramolecular Hbond substituents is 1. The van der Waals surface area contributed by atoms with E-state index < -0.39 is 0 Å². The molecular weight excluding hydrogens is 266 g/mol. The van der Waals surface area contributed by atoms with Crippen LogP contribution < -0.4 is 5.32 Å². The number of benzene rings is 2. The summed E-state index contributed by atoms with van der Waals surface area (Å²) >= 11 is 0. The highest BCUT2D eigenvalue weighted by molar-refractivity contribution is 6.03. The van der Waals surface area contributed by atoms with Crippen molar-refractivity contribution in [3.63, 3.8) is 0 Å². The van der Waals surface area contributed by atoms with Gasteiger partial charge in [-0.15, -0.1) is 0 Å². The van der Waals surface area contributed by atoms with Gasteiger partial charge < -0.3 is 14.8 Å². The van der Waals surface area contributed by atoms with E-state index in [0.717, 1.165) is 5.39 Å². The van der Waals surface area contributed by atoms with E-state index in [1.165, 1.54) is 0 Å². The normalized spacial score (nSPS) is 12.2. The number of carbonyl (C=O) groups excluding carboxylic acids is 1. The molecule has 1 heterocycles. The van der Waals surface area contributed by atoms with Gasteiger partial charge in [-0.3, -0.25) is 4.79 Å². The Morgan fingerprint density at radius 1 is 1.14 bits per heavy atom. The quantitative estimate of drug-likeness (QED) is 0.770. The van der Waals surface area contributed by atoms with Crippen LogP contribution in [0.3, 0.4) is 0 Å². The summed E-state index contributed by atoms with van der Waals surface area (Å²) in [4.78, 5) is 12.3. The van der Waals surface area contributed by atoms with E-state index in [9.17, 15) is 9.90 Å². The number of rotatable bonds is 3. The molecule has 0 bridgehead atoms. The lowest BCUT2D eigenvalue weighted by Gasteiger charge is -2.13. The van der Waals surface area contributed by atoms with E-state index in [2.05, 4.69) is 5.32 Å². The molecule has 1 amide bonds. The minimum atomic E-state index is -0.331. The van der Waals surface area contributed by atoms with E-state index in [1.54, 1.807) is 30.5 Å². The fourth-order valence-electron chi connectivity index (χ4n) is 2.32. The summed E-state index contributed by atoms with van der Waals surface area (Å²) in [5, 5.41) is 14.6. The first-order valence-electron chi connectivity index (χ1n) is 6.72. The van der Waals surface area contributed by atoms with Gasteiger partial charge in [0, 0.05) is 5.39 Å². The van der Waals surface area contributed by atoms with Crippen molar-refractivity contribution in [3.8, 4) is 5.75 Å². The number of hydrogen-bond donors (Lipinski definition) is 2. The predicted molar refractivity (Wildman–Crippen MR) is 80.2 cm³/mol. The van der Waals surface area contributed by atoms with Gasteiger partial charge in [0.2, 0.25) is 0 Å². The molecule has 0 aliphatic rings. The fraction of sp³-hybridized carbons (Fsp3) is 0.118. The maximum absolute atomic E-state index is 12.3. The van der Waals surface area contributed by atoms with Crippen molar-refractivity contribution in [2.45, 2.75) is 13.0 Å². The Morgan fingerprint density at radius 3 is 2.71 bits per heavy atom. The van der Waals surface area contributed by atoms with Crippen molar-refractivity contribution >= 4 is 16.7 Å². The fourth-order valence-corrected chi connectivity index (χ4v) is 2.32. The van der Waals surface area contributed by atoms with Crippen molar-refractivity contribution in [2.75, 3.05) is 0 Å². The van der Waals surface area contributed by atoms with Gasteiger partial charge in [0.15, 0.2) is 0 Å². The first kappa shape index (κ1) is 13.2. The molecule has 1 aromatic heterocycles. The lowest BCUT2D eigenvalue weighted by Crippen LogP contribution is -2.26. The van der Waals surface area contributed by atoms with Gasteiger partial charge >= 0.3 is 0 Å².